The molecule has 0 heterocycles. The topological polar surface area (TPSA) is 66.5 Å². The molecule has 0 spiro atoms. The second-order valence-corrected chi connectivity index (χ2v) is 8.18. The van der Waals surface area contributed by atoms with Crippen LogP contribution in [0.3, 0.4) is 0 Å². The average Bonchev–Trinajstić information content (AvgIpc) is 2.55. The molecule has 0 radical (unpaired) electrons. The molecule has 1 amide bonds. The zero-order valence-corrected chi connectivity index (χ0v) is 16.0. The van der Waals surface area contributed by atoms with Gasteiger partial charge in [0, 0.05) is 11.6 Å². The number of amides is 1. The maximum absolute atomic E-state index is 12.9. The lowest BCUT2D eigenvalue weighted by Crippen LogP contribution is -2.48. The molecule has 8 heteroatoms. The van der Waals surface area contributed by atoms with E-state index in [-0.39, 0.29) is 5.82 Å². The summed E-state index contributed by atoms with van der Waals surface area (Å²) in [5.74, 6) is -0.755. The van der Waals surface area contributed by atoms with Gasteiger partial charge in [-0.2, -0.15) is 0 Å². The van der Waals surface area contributed by atoms with Crippen molar-refractivity contribution in [2.75, 3.05) is 17.1 Å². The third-order valence-corrected chi connectivity index (χ3v) is 5.25. The Morgan fingerprint density at radius 2 is 1.88 bits per heavy atom. The van der Waals surface area contributed by atoms with Gasteiger partial charge in [-0.15, -0.1) is 0 Å². The van der Waals surface area contributed by atoms with Crippen molar-refractivity contribution in [3.05, 3.63) is 64.9 Å². The highest BCUT2D eigenvalue weighted by atomic mass is 35.5. The lowest BCUT2D eigenvalue weighted by Gasteiger charge is -2.28. The fourth-order valence-corrected chi connectivity index (χ4v) is 3.90. The van der Waals surface area contributed by atoms with Crippen molar-refractivity contribution in [3.63, 3.8) is 0 Å². The van der Waals surface area contributed by atoms with Crippen LogP contribution >= 0.6 is 11.6 Å². The average molecular weight is 399 g/mol. The van der Waals surface area contributed by atoms with Gasteiger partial charge in [0.2, 0.25) is 15.9 Å². The summed E-state index contributed by atoms with van der Waals surface area (Å²) in [4.78, 5) is 12.4. The van der Waals surface area contributed by atoms with E-state index in [1.165, 1.54) is 25.1 Å². The minimum Gasteiger partial charge on any atom is -0.354 e. The van der Waals surface area contributed by atoms with Gasteiger partial charge in [0.15, 0.2) is 0 Å². The van der Waals surface area contributed by atoms with Crippen LogP contribution in [0.15, 0.2) is 48.5 Å². The smallest absolute Gasteiger partial charge is 0.243 e. The van der Waals surface area contributed by atoms with Gasteiger partial charge in [0.05, 0.1) is 11.9 Å². The number of carbonyl (C=O) groups is 1. The van der Waals surface area contributed by atoms with E-state index in [0.717, 1.165) is 16.1 Å². The van der Waals surface area contributed by atoms with Crippen molar-refractivity contribution in [2.24, 2.45) is 0 Å². The van der Waals surface area contributed by atoms with Crippen molar-refractivity contribution in [1.29, 1.82) is 0 Å². The number of benzene rings is 2. The number of sulfonamides is 1. The number of hydrogen-bond donors (Lipinski definition) is 1. The van der Waals surface area contributed by atoms with Crippen molar-refractivity contribution < 1.29 is 17.6 Å². The molecule has 0 bridgehead atoms. The van der Waals surface area contributed by atoms with Crippen LogP contribution in [0.4, 0.5) is 10.1 Å². The molecule has 0 aromatic heterocycles. The highest BCUT2D eigenvalue weighted by Crippen LogP contribution is 2.24. The maximum Gasteiger partial charge on any atom is 0.243 e. The van der Waals surface area contributed by atoms with Gasteiger partial charge < -0.3 is 5.32 Å². The van der Waals surface area contributed by atoms with Crippen LogP contribution in [-0.4, -0.2) is 33.2 Å². The molecule has 2 rings (SSSR count). The molecule has 2 aromatic carbocycles. The second kappa shape index (κ2) is 8.51. The Morgan fingerprint density at radius 1 is 1.23 bits per heavy atom. The zero-order valence-electron chi connectivity index (χ0n) is 14.4. The van der Waals surface area contributed by atoms with Crippen LogP contribution in [0.1, 0.15) is 12.5 Å². The second-order valence-electron chi connectivity index (χ2n) is 5.88. The number of nitrogens with zero attached hydrogens (tertiary/aromatic N) is 1. The maximum atomic E-state index is 12.9. The summed E-state index contributed by atoms with van der Waals surface area (Å²) in [6.07, 6.45) is 1.55. The summed E-state index contributed by atoms with van der Waals surface area (Å²) < 4.78 is 38.3. The minimum atomic E-state index is -3.69. The third kappa shape index (κ3) is 5.44. The Balaban J connectivity index is 2.06. The lowest BCUT2D eigenvalue weighted by atomic mass is 10.1. The molecule has 140 valence electrons. The molecular formula is C18H20ClFN2O3S. The fourth-order valence-electron chi connectivity index (χ4n) is 2.55. The first kappa shape index (κ1) is 20.2. The molecular weight excluding hydrogens is 379 g/mol. The summed E-state index contributed by atoms with van der Waals surface area (Å²) >= 11 is 5.94. The van der Waals surface area contributed by atoms with Crippen molar-refractivity contribution >= 4 is 33.2 Å². The van der Waals surface area contributed by atoms with Gasteiger partial charge >= 0.3 is 0 Å². The summed E-state index contributed by atoms with van der Waals surface area (Å²) in [5.41, 5.74) is 1.19. The van der Waals surface area contributed by atoms with E-state index >= 15 is 0 Å². The Labute approximate surface area is 157 Å². The summed E-state index contributed by atoms with van der Waals surface area (Å²) in [5, 5.41) is 3.09. The number of carbonyl (C=O) groups excluding carboxylic acids is 1. The highest BCUT2D eigenvalue weighted by molar-refractivity contribution is 7.92. The first-order valence-corrected chi connectivity index (χ1v) is 10.2. The Kier molecular flexibility index (Phi) is 6.61. The van der Waals surface area contributed by atoms with E-state index in [9.17, 15) is 17.6 Å². The zero-order chi connectivity index (χ0) is 19.3. The normalized spacial score (nSPS) is 12.5. The molecule has 0 aliphatic carbocycles. The minimum absolute atomic E-state index is 0.307. The summed E-state index contributed by atoms with van der Waals surface area (Å²) in [6, 6.07) is 11.3. The molecule has 0 aliphatic rings. The molecule has 0 fully saturated rings. The SMILES string of the molecule is C[C@H](C(=O)NCCc1ccc(F)cc1)N(c1cccc(Cl)c1)S(C)(=O)=O. The van der Waals surface area contributed by atoms with Crippen LogP contribution < -0.4 is 9.62 Å². The summed E-state index contributed by atoms with van der Waals surface area (Å²) in [6.45, 7) is 1.82. The third-order valence-electron chi connectivity index (χ3n) is 3.78. The van der Waals surface area contributed by atoms with E-state index in [4.69, 9.17) is 11.6 Å². The van der Waals surface area contributed by atoms with Crippen LogP contribution in [0.5, 0.6) is 0 Å². The van der Waals surface area contributed by atoms with Gasteiger partial charge in [-0.1, -0.05) is 29.8 Å². The van der Waals surface area contributed by atoms with Crippen LogP contribution in [0, 0.1) is 5.82 Å². The van der Waals surface area contributed by atoms with Gasteiger partial charge in [-0.25, -0.2) is 12.8 Å². The Morgan fingerprint density at radius 3 is 2.46 bits per heavy atom. The van der Waals surface area contributed by atoms with Gasteiger partial charge in [-0.3, -0.25) is 9.10 Å². The van der Waals surface area contributed by atoms with Crippen LogP contribution in [0.2, 0.25) is 5.02 Å². The molecule has 0 unspecified atom stereocenters. The van der Waals surface area contributed by atoms with E-state index in [1.807, 2.05) is 0 Å². The number of hydrogen-bond acceptors (Lipinski definition) is 3. The van der Waals surface area contributed by atoms with E-state index in [1.54, 1.807) is 30.3 Å². The molecule has 26 heavy (non-hydrogen) atoms. The number of nitrogens with one attached hydrogen (secondary N) is 1. The first-order valence-electron chi connectivity index (χ1n) is 7.95. The van der Waals surface area contributed by atoms with Crippen LogP contribution in [0.25, 0.3) is 0 Å². The van der Waals surface area contributed by atoms with Gasteiger partial charge in [0.25, 0.3) is 0 Å². The number of anilines is 1. The summed E-state index contributed by atoms with van der Waals surface area (Å²) in [7, 11) is -3.69. The predicted octanol–water partition coefficient (Wildman–Crippen LogP) is 2.99. The van der Waals surface area contributed by atoms with E-state index < -0.39 is 22.0 Å². The standard InChI is InChI=1S/C18H20ClFN2O3S/c1-13(18(23)21-11-10-14-6-8-16(20)9-7-14)22(26(2,24)25)17-5-3-4-15(19)12-17/h3-9,12-13H,10-11H2,1-2H3,(H,21,23)/t13-/m1/s1. The molecule has 0 aliphatic heterocycles. The van der Waals surface area contributed by atoms with Crippen molar-refractivity contribution in [2.45, 2.75) is 19.4 Å². The molecule has 1 atom stereocenters. The van der Waals surface area contributed by atoms with Gasteiger partial charge in [0.1, 0.15) is 11.9 Å². The largest absolute Gasteiger partial charge is 0.354 e. The molecule has 0 saturated heterocycles. The van der Waals surface area contributed by atoms with Crippen LogP contribution in [-0.2, 0) is 21.2 Å². The molecule has 1 N–H and O–H groups in total. The monoisotopic (exact) mass is 398 g/mol. The molecule has 0 saturated carbocycles. The Bertz CT molecular complexity index is 872. The molecule has 2 aromatic rings. The predicted molar refractivity (Wildman–Crippen MR) is 101 cm³/mol. The fraction of sp³-hybridized carbons (Fsp3) is 0.278. The van der Waals surface area contributed by atoms with E-state index in [2.05, 4.69) is 5.32 Å². The van der Waals surface area contributed by atoms with Gasteiger partial charge in [-0.05, 0) is 49.2 Å². The number of halogens is 2. The lowest BCUT2D eigenvalue weighted by molar-refractivity contribution is -0.121. The van der Waals surface area contributed by atoms with Crippen molar-refractivity contribution in [1.82, 2.24) is 5.32 Å². The van der Waals surface area contributed by atoms with Crippen molar-refractivity contribution in [3.8, 4) is 0 Å². The van der Waals surface area contributed by atoms with E-state index in [0.29, 0.717) is 23.7 Å². The quantitative estimate of drug-likeness (QED) is 0.779. The first-order chi connectivity index (χ1) is 12.2. The highest BCUT2D eigenvalue weighted by Gasteiger charge is 2.29. The Hall–Kier alpha value is -2.12. The number of rotatable bonds is 7. The molecule has 5 nitrogen and oxygen atoms in total.